The summed E-state index contributed by atoms with van der Waals surface area (Å²) in [6.45, 7) is 4.17. The van der Waals surface area contributed by atoms with Gasteiger partial charge in [-0.1, -0.05) is 72.8 Å². The van der Waals surface area contributed by atoms with Gasteiger partial charge in [-0.2, -0.15) is 0 Å². The summed E-state index contributed by atoms with van der Waals surface area (Å²) in [6, 6.07) is 15.9. The van der Waals surface area contributed by atoms with Crippen molar-refractivity contribution in [2.45, 2.75) is 19.9 Å². The van der Waals surface area contributed by atoms with Gasteiger partial charge in [0.05, 0.1) is 11.3 Å². The van der Waals surface area contributed by atoms with Crippen LogP contribution < -0.4 is 5.32 Å². The van der Waals surface area contributed by atoms with Crippen molar-refractivity contribution in [2.24, 2.45) is 4.99 Å². The molecule has 1 N–H and O–H groups in total. The number of carbonyl (C=O) groups excluding carboxylic acids is 1. The summed E-state index contributed by atoms with van der Waals surface area (Å²) < 4.78 is 0. The van der Waals surface area contributed by atoms with Gasteiger partial charge in [-0.3, -0.25) is 4.79 Å². The van der Waals surface area contributed by atoms with Gasteiger partial charge in [0, 0.05) is 11.1 Å². The van der Waals surface area contributed by atoms with E-state index in [4.69, 9.17) is 4.99 Å². The predicted octanol–water partition coefficient (Wildman–Crippen LogP) is 4.36. The van der Waals surface area contributed by atoms with Gasteiger partial charge in [0.15, 0.2) is 11.0 Å². The number of hydrogen-bond acceptors (Lipinski definition) is 4. The van der Waals surface area contributed by atoms with E-state index in [9.17, 15) is 4.79 Å². The molecule has 24 heavy (non-hydrogen) atoms. The van der Waals surface area contributed by atoms with Gasteiger partial charge in [-0.05, 0) is 18.2 Å². The molecule has 1 aliphatic carbocycles. The summed E-state index contributed by atoms with van der Waals surface area (Å²) in [6.07, 6.45) is 0. The Morgan fingerprint density at radius 2 is 1.79 bits per heavy atom. The van der Waals surface area contributed by atoms with Crippen molar-refractivity contribution in [3.8, 4) is 0 Å². The van der Waals surface area contributed by atoms with E-state index in [0.717, 1.165) is 38.9 Å². The Labute approximate surface area is 145 Å². The van der Waals surface area contributed by atoms with Crippen molar-refractivity contribution in [3.63, 3.8) is 0 Å². The van der Waals surface area contributed by atoms with Crippen LogP contribution in [0.2, 0.25) is 0 Å². The van der Waals surface area contributed by atoms with Gasteiger partial charge in [-0.15, -0.1) is 0 Å². The molecule has 4 rings (SSSR count). The highest BCUT2D eigenvalue weighted by atomic mass is 32.2. The van der Waals surface area contributed by atoms with Crippen LogP contribution in [0.4, 0.5) is 0 Å². The standard InChI is InChI=1S/C20H18N2OS/c1-3-24-20-21-17(13-10-8-12(2)9-11-13)16-18(22-20)14-6-4-5-7-15(14)19(16)23/h4-11,17H,3H2,1-2H3,(H,21,22)/t17-/m1/s1. The lowest BCUT2D eigenvalue weighted by Gasteiger charge is -2.24. The molecule has 0 radical (unpaired) electrons. The first kappa shape index (κ1) is 15.2. The molecule has 1 aliphatic heterocycles. The molecule has 1 heterocycles. The minimum absolute atomic E-state index is 0.0861. The first-order chi connectivity index (χ1) is 11.7. The Balaban J connectivity index is 1.86. The molecule has 0 unspecified atom stereocenters. The highest BCUT2D eigenvalue weighted by Gasteiger charge is 2.38. The van der Waals surface area contributed by atoms with Gasteiger partial charge >= 0.3 is 0 Å². The number of nitrogens with zero attached hydrogens (tertiary/aromatic N) is 1. The summed E-state index contributed by atoms with van der Waals surface area (Å²) >= 11 is 1.67. The fourth-order valence-corrected chi connectivity index (χ4v) is 3.85. The summed E-state index contributed by atoms with van der Waals surface area (Å²) in [4.78, 5) is 17.8. The quantitative estimate of drug-likeness (QED) is 0.887. The molecule has 0 amide bonds. The van der Waals surface area contributed by atoms with Crippen LogP contribution in [0.25, 0.3) is 5.70 Å². The average molecular weight is 334 g/mol. The summed E-state index contributed by atoms with van der Waals surface area (Å²) in [5.74, 6) is 1.02. The third-order valence-corrected chi connectivity index (χ3v) is 5.15. The lowest BCUT2D eigenvalue weighted by Crippen LogP contribution is -2.26. The minimum Gasteiger partial charge on any atom is -0.334 e. The lowest BCUT2D eigenvalue weighted by molar-refractivity contribution is 0.103. The first-order valence-electron chi connectivity index (χ1n) is 8.11. The largest absolute Gasteiger partial charge is 0.334 e. The Bertz CT molecular complexity index is 881. The Kier molecular flexibility index (Phi) is 3.77. The molecule has 0 saturated carbocycles. The zero-order valence-electron chi connectivity index (χ0n) is 13.7. The van der Waals surface area contributed by atoms with Gasteiger partial charge in [0.2, 0.25) is 0 Å². The number of aliphatic imine (C=N–C) groups is 1. The SMILES string of the molecule is CCSC1=N[C@H](c2ccc(C)cc2)C2=C(N1)c1ccccc1C2=O. The van der Waals surface area contributed by atoms with Crippen molar-refractivity contribution in [1.82, 2.24) is 5.32 Å². The van der Waals surface area contributed by atoms with E-state index in [0.29, 0.717) is 0 Å². The molecule has 3 nitrogen and oxygen atoms in total. The van der Waals surface area contributed by atoms with Crippen molar-refractivity contribution < 1.29 is 4.79 Å². The Hall–Kier alpha value is -2.33. The monoisotopic (exact) mass is 334 g/mol. The number of Topliss-reactive ketones (excluding diaryl/α,β-unsaturated/α-hetero) is 1. The van der Waals surface area contributed by atoms with Crippen molar-refractivity contribution in [1.29, 1.82) is 0 Å². The minimum atomic E-state index is -0.240. The molecule has 2 aromatic rings. The van der Waals surface area contributed by atoms with Crippen LogP contribution in [-0.2, 0) is 0 Å². The third-order valence-electron chi connectivity index (χ3n) is 4.38. The molecule has 0 bridgehead atoms. The fraction of sp³-hybridized carbons (Fsp3) is 0.200. The van der Waals surface area contributed by atoms with Crippen LogP contribution in [0.3, 0.4) is 0 Å². The lowest BCUT2D eigenvalue weighted by atomic mass is 9.95. The van der Waals surface area contributed by atoms with E-state index in [-0.39, 0.29) is 11.8 Å². The molecule has 0 aromatic heterocycles. The molecule has 0 spiro atoms. The van der Waals surface area contributed by atoms with E-state index in [1.54, 1.807) is 11.8 Å². The zero-order chi connectivity index (χ0) is 16.7. The zero-order valence-corrected chi connectivity index (χ0v) is 14.5. The van der Waals surface area contributed by atoms with E-state index < -0.39 is 0 Å². The molecule has 2 aliphatic rings. The second kappa shape index (κ2) is 5.95. The number of rotatable bonds is 2. The van der Waals surface area contributed by atoms with Crippen molar-refractivity contribution in [2.75, 3.05) is 5.75 Å². The molecule has 0 saturated heterocycles. The average Bonchev–Trinajstić information content (AvgIpc) is 2.89. The number of thioether (sulfide) groups is 1. The van der Waals surface area contributed by atoms with Crippen molar-refractivity contribution in [3.05, 3.63) is 76.4 Å². The number of amidine groups is 1. The molecular formula is C20H18N2OS. The number of ketones is 1. The number of nitrogens with one attached hydrogen (secondary N) is 1. The van der Waals surface area contributed by atoms with E-state index >= 15 is 0 Å². The molecular weight excluding hydrogens is 316 g/mol. The summed E-state index contributed by atoms with van der Waals surface area (Å²) in [5, 5.41) is 4.27. The van der Waals surface area contributed by atoms with E-state index in [1.165, 1.54) is 5.56 Å². The van der Waals surface area contributed by atoms with Crippen LogP contribution in [0, 0.1) is 6.92 Å². The first-order valence-corrected chi connectivity index (χ1v) is 9.10. The molecule has 2 aromatic carbocycles. The van der Waals surface area contributed by atoms with Gasteiger partial charge in [0.25, 0.3) is 0 Å². The van der Waals surface area contributed by atoms with Gasteiger partial charge in [0.1, 0.15) is 6.04 Å². The maximum atomic E-state index is 13.0. The smallest absolute Gasteiger partial charge is 0.194 e. The third kappa shape index (κ3) is 2.38. The molecule has 0 fully saturated rings. The van der Waals surface area contributed by atoms with Crippen LogP contribution in [0.5, 0.6) is 0 Å². The van der Waals surface area contributed by atoms with Crippen LogP contribution >= 0.6 is 11.8 Å². The molecule has 120 valence electrons. The van der Waals surface area contributed by atoms with Gasteiger partial charge < -0.3 is 5.32 Å². The predicted molar refractivity (Wildman–Crippen MR) is 100 cm³/mol. The Morgan fingerprint density at radius 1 is 1.08 bits per heavy atom. The fourth-order valence-electron chi connectivity index (χ4n) is 3.22. The maximum Gasteiger partial charge on any atom is 0.194 e. The van der Waals surface area contributed by atoms with E-state index in [1.807, 2.05) is 24.3 Å². The molecule has 1 atom stereocenters. The topological polar surface area (TPSA) is 41.5 Å². The second-order valence-electron chi connectivity index (χ2n) is 5.97. The number of benzene rings is 2. The number of carbonyl (C=O) groups is 1. The maximum absolute atomic E-state index is 13.0. The normalized spacial score (nSPS) is 18.8. The highest BCUT2D eigenvalue weighted by Crippen LogP contribution is 2.42. The Morgan fingerprint density at radius 3 is 2.50 bits per heavy atom. The number of aryl methyl sites for hydroxylation is 1. The van der Waals surface area contributed by atoms with Crippen LogP contribution in [-0.4, -0.2) is 16.7 Å². The summed E-state index contributed by atoms with van der Waals surface area (Å²) in [5.41, 5.74) is 5.71. The second-order valence-corrected chi connectivity index (χ2v) is 7.22. The van der Waals surface area contributed by atoms with Crippen molar-refractivity contribution >= 4 is 28.4 Å². The molecule has 4 heteroatoms. The number of hydrogen-bond donors (Lipinski definition) is 1. The highest BCUT2D eigenvalue weighted by molar-refractivity contribution is 8.13. The van der Waals surface area contributed by atoms with Crippen LogP contribution in [0.1, 0.15) is 40.0 Å². The van der Waals surface area contributed by atoms with Gasteiger partial charge in [-0.25, -0.2) is 4.99 Å². The summed E-state index contributed by atoms with van der Waals surface area (Å²) in [7, 11) is 0. The number of fused-ring (bicyclic) bond motifs is 2. The van der Waals surface area contributed by atoms with E-state index in [2.05, 4.69) is 43.4 Å². The van der Waals surface area contributed by atoms with Crippen LogP contribution in [0.15, 0.2) is 59.1 Å².